The Morgan fingerprint density at radius 1 is 1.03 bits per heavy atom. The number of carbonyl (C=O) groups excluding carboxylic acids is 1. The van der Waals surface area contributed by atoms with Crippen molar-refractivity contribution in [3.63, 3.8) is 0 Å². The van der Waals surface area contributed by atoms with E-state index in [1.165, 1.54) is 11.6 Å². The smallest absolute Gasteiger partial charge is 0.333 e. The van der Waals surface area contributed by atoms with Crippen LogP contribution in [0.5, 0.6) is 0 Å². The van der Waals surface area contributed by atoms with Crippen LogP contribution in [-0.2, 0) is 36.3 Å². The van der Waals surface area contributed by atoms with Gasteiger partial charge in [-0.3, -0.25) is 18.6 Å². The number of fused-ring (bicyclic) bond motifs is 3. The number of aryl methyl sites for hydroxylation is 2. The van der Waals surface area contributed by atoms with Crippen LogP contribution in [0.25, 0.3) is 16.9 Å². The standard InChI is InChI=1S/C24H23N5O5/c1-15-16(2)29-20-21(25-23(29)27(15)12-18-10-7-11-33-18)26(3)24(32)28(22(20)31)13-19(30)34-14-17-8-5-4-6-9-17/h4-11H,12-14H2,1-3H3. The molecule has 174 valence electrons. The first-order chi connectivity index (χ1) is 16.4. The Morgan fingerprint density at radius 3 is 2.50 bits per heavy atom. The maximum atomic E-state index is 13.4. The molecule has 0 atom stereocenters. The van der Waals surface area contributed by atoms with E-state index >= 15 is 0 Å². The molecule has 0 saturated heterocycles. The van der Waals surface area contributed by atoms with Crippen LogP contribution in [0.3, 0.4) is 0 Å². The average Bonchev–Trinajstić information content (AvgIpc) is 3.54. The van der Waals surface area contributed by atoms with Crippen LogP contribution in [0.15, 0.2) is 62.7 Å². The minimum atomic E-state index is -0.675. The second-order valence-electron chi connectivity index (χ2n) is 8.13. The number of hydrogen-bond acceptors (Lipinski definition) is 6. The summed E-state index contributed by atoms with van der Waals surface area (Å²) in [5, 5.41) is 0. The quantitative estimate of drug-likeness (QED) is 0.359. The van der Waals surface area contributed by atoms with E-state index in [4.69, 9.17) is 9.15 Å². The third-order valence-corrected chi connectivity index (χ3v) is 6.05. The van der Waals surface area contributed by atoms with Crippen molar-refractivity contribution in [1.29, 1.82) is 0 Å². The molecule has 0 unspecified atom stereocenters. The SMILES string of the molecule is Cc1c(C)n2c3c(=O)n(CC(=O)OCc4ccccc4)c(=O)n(C)c3nc2n1Cc1ccco1. The zero-order chi connectivity index (χ0) is 24.0. The normalized spacial score (nSPS) is 11.5. The predicted molar refractivity (Wildman–Crippen MR) is 124 cm³/mol. The molecule has 0 saturated carbocycles. The lowest BCUT2D eigenvalue weighted by atomic mass is 10.2. The molecular weight excluding hydrogens is 438 g/mol. The van der Waals surface area contributed by atoms with Crippen molar-refractivity contribution in [3.05, 3.63) is 92.3 Å². The molecule has 0 spiro atoms. The molecule has 0 amide bonds. The van der Waals surface area contributed by atoms with Crippen LogP contribution < -0.4 is 11.2 Å². The number of nitrogens with zero attached hydrogens (tertiary/aromatic N) is 5. The lowest BCUT2D eigenvalue weighted by Gasteiger charge is -2.09. The highest BCUT2D eigenvalue weighted by atomic mass is 16.5. The molecule has 1 aromatic carbocycles. The number of benzene rings is 1. The maximum Gasteiger partial charge on any atom is 0.333 e. The Bertz CT molecular complexity index is 1640. The van der Waals surface area contributed by atoms with Crippen LogP contribution in [0.4, 0.5) is 0 Å². The highest BCUT2D eigenvalue weighted by Gasteiger charge is 2.24. The van der Waals surface area contributed by atoms with Gasteiger partial charge in [0.05, 0.1) is 12.8 Å². The van der Waals surface area contributed by atoms with Crippen molar-refractivity contribution in [1.82, 2.24) is 23.1 Å². The Labute approximate surface area is 193 Å². The molecule has 34 heavy (non-hydrogen) atoms. The van der Waals surface area contributed by atoms with E-state index in [1.54, 1.807) is 16.7 Å². The summed E-state index contributed by atoms with van der Waals surface area (Å²) in [5.74, 6) is 0.574. The maximum absolute atomic E-state index is 13.4. The molecule has 0 bridgehead atoms. The number of aromatic nitrogens is 5. The van der Waals surface area contributed by atoms with Gasteiger partial charge in [-0.05, 0) is 31.5 Å². The van der Waals surface area contributed by atoms with Gasteiger partial charge in [-0.25, -0.2) is 9.36 Å². The van der Waals surface area contributed by atoms with Crippen molar-refractivity contribution in [2.45, 2.75) is 33.5 Å². The number of carbonyl (C=O) groups is 1. The molecule has 4 aromatic heterocycles. The van der Waals surface area contributed by atoms with Crippen LogP contribution in [0.2, 0.25) is 0 Å². The molecule has 0 N–H and O–H groups in total. The molecule has 0 aliphatic carbocycles. The Balaban J connectivity index is 1.58. The molecule has 0 fully saturated rings. The number of furan rings is 1. The van der Waals surface area contributed by atoms with Crippen molar-refractivity contribution in [2.75, 3.05) is 0 Å². The lowest BCUT2D eigenvalue weighted by Crippen LogP contribution is -2.41. The molecule has 5 rings (SSSR count). The zero-order valence-electron chi connectivity index (χ0n) is 19.0. The summed E-state index contributed by atoms with van der Waals surface area (Å²) < 4.78 is 16.6. The monoisotopic (exact) mass is 461 g/mol. The predicted octanol–water partition coefficient (Wildman–Crippen LogP) is 2.15. The van der Waals surface area contributed by atoms with Gasteiger partial charge in [-0.2, -0.15) is 4.98 Å². The van der Waals surface area contributed by atoms with E-state index in [0.717, 1.165) is 27.3 Å². The van der Waals surface area contributed by atoms with Gasteiger partial charge < -0.3 is 13.7 Å². The van der Waals surface area contributed by atoms with Crippen molar-refractivity contribution in [3.8, 4) is 0 Å². The molecule has 4 heterocycles. The third kappa shape index (κ3) is 3.43. The summed E-state index contributed by atoms with van der Waals surface area (Å²) in [6.45, 7) is 3.80. The molecule has 5 aromatic rings. The number of hydrogen-bond donors (Lipinski definition) is 0. The number of esters is 1. The second-order valence-corrected chi connectivity index (χ2v) is 8.13. The van der Waals surface area contributed by atoms with E-state index in [1.807, 2.05) is 54.8 Å². The minimum absolute atomic E-state index is 0.0574. The molecule has 10 heteroatoms. The fourth-order valence-corrected chi connectivity index (χ4v) is 4.11. The summed E-state index contributed by atoms with van der Waals surface area (Å²) in [4.78, 5) is 43.5. The number of rotatable bonds is 6. The fourth-order valence-electron chi connectivity index (χ4n) is 4.11. The Kier molecular flexibility index (Phi) is 5.20. The number of ether oxygens (including phenoxy) is 1. The van der Waals surface area contributed by atoms with E-state index < -0.39 is 23.8 Å². The van der Waals surface area contributed by atoms with Gasteiger partial charge in [0.1, 0.15) is 18.9 Å². The van der Waals surface area contributed by atoms with Gasteiger partial charge in [0.15, 0.2) is 11.2 Å². The highest BCUT2D eigenvalue weighted by molar-refractivity contribution is 5.77. The fraction of sp³-hybridized carbons (Fsp3) is 0.250. The summed E-state index contributed by atoms with van der Waals surface area (Å²) in [6, 6.07) is 12.9. The summed E-state index contributed by atoms with van der Waals surface area (Å²) in [5.41, 5.74) is 1.76. The van der Waals surface area contributed by atoms with E-state index in [0.29, 0.717) is 12.3 Å². The van der Waals surface area contributed by atoms with E-state index in [9.17, 15) is 14.4 Å². The minimum Gasteiger partial charge on any atom is -0.467 e. The Hall–Kier alpha value is -4.34. The lowest BCUT2D eigenvalue weighted by molar-refractivity contribution is -0.145. The van der Waals surface area contributed by atoms with Gasteiger partial charge in [-0.15, -0.1) is 0 Å². The Morgan fingerprint density at radius 2 is 1.79 bits per heavy atom. The molecule has 0 aliphatic heterocycles. The van der Waals surface area contributed by atoms with Gasteiger partial charge in [0, 0.05) is 18.4 Å². The topological polar surface area (TPSA) is 106 Å². The van der Waals surface area contributed by atoms with Crippen molar-refractivity contribution in [2.24, 2.45) is 7.05 Å². The average molecular weight is 461 g/mol. The van der Waals surface area contributed by atoms with Gasteiger partial charge in [-0.1, -0.05) is 30.3 Å². The van der Waals surface area contributed by atoms with Crippen LogP contribution >= 0.6 is 0 Å². The first-order valence-corrected chi connectivity index (χ1v) is 10.8. The van der Waals surface area contributed by atoms with Crippen molar-refractivity contribution < 1.29 is 13.9 Å². The van der Waals surface area contributed by atoms with Gasteiger partial charge >= 0.3 is 11.7 Å². The highest BCUT2D eigenvalue weighted by Crippen LogP contribution is 2.22. The third-order valence-electron chi connectivity index (χ3n) is 6.05. The molecule has 0 radical (unpaired) electrons. The molecule has 0 aliphatic rings. The summed E-state index contributed by atoms with van der Waals surface area (Å²) in [6.07, 6.45) is 1.60. The van der Waals surface area contributed by atoms with Crippen molar-refractivity contribution >= 4 is 22.9 Å². The first kappa shape index (κ1) is 21.5. The van der Waals surface area contributed by atoms with Crippen LogP contribution in [-0.4, -0.2) is 29.1 Å². The zero-order valence-corrected chi connectivity index (χ0v) is 19.0. The van der Waals surface area contributed by atoms with E-state index in [2.05, 4.69) is 4.98 Å². The first-order valence-electron chi connectivity index (χ1n) is 10.8. The molecule has 10 nitrogen and oxygen atoms in total. The molecular formula is C24H23N5O5. The van der Waals surface area contributed by atoms with Gasteiger partial charge in [0.25, 0.3) is 5.56 Å². The van der Waals surface area contributed by atoms with Crippen LogP contribution in [0, 0.1) is 13.8 Å². The van der Waals surface area contributed by atoms with Crippen LogP contribution in [0.1, 0.15) is 22.7 Å². The summed E-state index contributed by atoms with van der Waals surface area (Å²) in [7, 11) is 1.53. The number of imidazole rings is 2. The van der Waals surface area contributed by atoms with Gasteiger partial charge in [0.2, 0.25) is 5.78 Å². The summed E-state index contributed by atoms with van der Waals surface area (Å²) >= 11 is 0. The second kappa shape index (κ2) is 8.22. The largest absolute Gasteiger partial charge is 0.467 e. The van der Waals surface area contributed by atoms with E-state index in [-0.39, 0.29) is 17.8 Å².